The zero-order chi connectivity index (χ0) is 16.9. The predicted molar refractivity (Wildman–Crippen MR) is 87.4 cm³/mol. The number of carbonyl (C=O) groups excluding carboxylic acids is 2. The van der Waals surface area contributed by atoms with Crippen LogP contribution in [0.1, 0.15) is 20.7 Å². The molecule has 0 amide bonds. The molecule has 0 heterocycles. The lowest BCUT2D eigenvalue weighted by atomic mass is 10.1. The van der Waals surface area contributed by atoms with Gasteiger partial charge < -0.3 is 9.47 Å². The number of hydrogen-bond acceptors (Lipinski definition) is 4. The first-order chi connectivity index (χ1) is 10.4. The van der Waals surface area contributed by atoms with Crippen LogP contribution in [-0.4, -0.2) is 25.2 Å². The van der Waals surface area contributed by atoms with E-state index in [1.807, 2.05) is 0 Å². The van der Waals surface area contributed by atoms with Crippen molar-refractivity contribution in [2.24, 2.45) is 0 Å². The van der Waals surface area contributed by atoms with E-state index in [1.54, 1.807) is 0 Å². The molecule has 0 aromatic heterocycles. The minimum absolute atomic E-state index is 0.0517. The maximum absolute atomic E-state index is 11.9. The summed E-state index contributed by atoms with van der Waals surface area (Å²) in [6.45, 7) is 6.71. The van der Waals surface area contributed by atoms with E-state index < -0.39 is 11.9 Å². The third-order valence-electron chi connectivity index (χ3n) is 2.34. The fraction of sp³-hybridized carbons (Fsp3) is 0.143. The molecular formula is C14H10Cl4O4. The van der Waals surface area contributed by atoms with Crippen LogP contribution in [0.4, 0.5) is 0 Å². The molecule has 0 aliphatic carbocycles. The summed E-state index contributed by atoms with van der Waals surface area (Å²) in [6.07, 6.45) is 2.73. The van der Waals surface area contributed by atoms with Crippen molar-refractivity contribution in [1.82, 2.24) is 0 Å². The molecule has 0 saturated carbocycles. The smallest absolute Gasteiger partial charge is 0.341 e. The molecule has 0 spiro atoms. The Hall–Kier alpha value is -1.20. The van der Waals surface area contributed by atoms with Gasteiger partial charge in [0.25, 0.3) is 0 Å². The van der Waals surface area contributed by atoms with Gasteiger partial charge in [-0.15, -0.1) is 0 Å². The van der Waals surface area contributed by atoms with Crippen LogP contribution in [0.3, 0.4) is 0 Å². The molecule has 1 rings (SSSR count). The number of benzene rings is 1. The fourth-order valence-electron chi connectivity index (χ4n) is 1.40. The first kappa shape index (κ1) is 18.8. The number of hydrogen-bond donors (Lipinski definition) is 0. The summed E-state index contributed by atoms with van der Waals surface area (Å²) in [5.41, 5.74) is -0.471. The highest BCUT2D eigenvalue weighted by molar-refractivity contribution is 6.52. The third kappa shape index (κ3) is 3.96. The average molecular weight is 384 g/mol. The molecule has 0 atom stereocenters. The zero-order valence-electron chi connectivity index (χ0n) is 11.1. The van der Waals surface area contributed by atoms with E-state index in [9.17, 15) is 9.59 Å². The van der Waals surface area contributed by atoms with Gasteiger partial charge in [-0.25, -0.2) is 9.59 Å². The Morgan fingerprint density at radius 2 is 1.05 bits per heavy atom. The maximum Gasteiger partial charge on any atom is 0.341 e. The van der Waals surface area contributed by atoms with E-state index in [0.29, 0.717) is 0 Å². The molecule has 1 aromatic carbocycles. The molecule has 0 aliphatic heterocycles. The van der Waals surface area contributed by atoms with Crippen LogP contribution < -0.4 is 0 Å². The van der Waals surface area contributed by atoms with Gasteiger partial charge in [-0.2, -0.15) is 0 Å². The second-order valence-electron chi connectivity index (χ2n) is 3.78. The van der Waals surface area contributed by atoms with Crippen molar-refractivity contribution < 1.29 is 19.1 Å². The van der Waals surface area contributed by atoms with Gasteiger partial charge in [0, 0.05) is 0 Å². The molecule has 4 nitrogen and oxygen atoms in total. The largest absolute Gasteiger partial charge is 0.458 e. The van der Waals surface area contributed by atoms with Gasteiger partial charge in [0.2, 0.25) is 0 Å². The Bertz CT molecular complexity index is 556. The molecule has 0 aliphatic rings. The van der Waals surface area contributed by atoms with E-state index in [1.165, 1.54) is 12.2 Å². The lowest BCUT2D eigenvalue weighted by molar-refractivity contribution is 0.0536. The molecule has 8 heteroatoms. The molecule has 0 N–H and O–H groups in total. The molecule has 0 unspecified atom stereocenters. The topological polar surface area (TPSA) is 52.6 Å². The van der Waals surface area contributed by atoms with Gasteiger partial charge in [-0.05, 0) is 0 Å². The minimum Gasteiger partial charge on any atom is -0.458 e. The zero-order valence-corrected chi connectivity index (χ0v) is 14.2. The van der Waals surface area contributed by atoms with Gasteiger partial charge in [0.15, 0.2) is 0 Å². The van der Waals surface area contributed by atoms with Crippen molar-refractivity contribution in [3.8, 4) is 0 Å². The van der Waals surface area contributed by atoms with Gasteiger partial charge in [0.05, 0.1) is 31.2 Å². The van der Waals surface area contributed by atoms with Crippen molar-refractivity contribution in [1.29, 1.82) is 0 Å². The van der Waals surface area contributed by atoms with E-state index in [-0.39, 0.29) is 44.4 Å². The lowest BCUT2D eigenvalue weighted by Gasteiger charge is -2.14. The number of esters is 2. The van der Waals surface area contributed by atoms with Crippen molar-refractivity contribution in [2.45, 2.75) is 0 Å². The van der Waals surface area contributed by atoms with Crippen LogP contribution in [0.15, 0.2) is 25.3 Å². The third-order valence-corrected chi connectivity index (χ3v) is 4.04. The number of ether oxygens (including phenoxy) is 2. The average Bonchev–Trinajstić information content (AvgIpc) is 2.49. The summed E-state index contributed by atoms with van der Waals surface area (Å²) < 4.78 is 9.68. The summed E-state index contributed by atoms with van der Waals surface area (Å²) in [5.74, 6) is -1.69. The molecule has 1 aromatic rings. The second kappa shape index (κ2) is 8.44. The Morgan fingerprint density at radius 3 is 1.27 bits per heavy atom. The van der Waals surface area contributed by atoms with Crippen LogP contribution in [-0.2, 0) is 9.47 Å². The van der Waals surface area contributed by atoms with Crippen LogP contribution in [0, 0.1) is 0 Å². The Morgan fingerprint density at radius 1 is 0.773 bits per heavy atom. The standard InChI is InChI=1S/C14H10Cl4O4/c1-3-5-21-13(19)7-9(15)11(17)8(12(18)10(7)16)14(20)22-6-4-2/h3-4H,1-2,5-6H2. The first-order valence-electron chi connectivity index (χ1n) is 5.78. The van der Waals surface area contributed by atoms with Gasteiger partial charge in [-0.1, -0.05) is 71.7 Å². The summed E-state index contributed by atoms with van der Waals surface area (Å²) in [4.78, 5) is 23.8. The maximum atomic E-state index is 11.9. The van der Waals surface area contributed by atoms with E-state index >= 15 is 0 Å². The molecule has 0 radical (unpaired) electrons. The van der Waals surface area contributed by atoms with Gasteiger partial charge >= 0.3 is 11.9 Å². The van der Waals surface area contributed by atoms with Crippen molar-refractivity contribution in [2.75, 3.05) is 13.2 Å². The molecule has 22 heavy (non-hydrogen) atoms. The SMILES string of the molecule is C=CCOC(=O)c1c(Cl)c(Cl)c(C(=O)OCC=C)c(Cl)c1Cl. The second-order valence-corrected chi connectivity index (χ2v) is 5.29. The van der Waals surface area contributed by atoms with Crippen molar-refractivity contribution in [3.05, 3.63) is 56.5 Å². The van der Waals surface area contributed by atoms with Gasteiger partial charge in [0.1, 0.15) is 13.2 Å². The molecular weight excluding hydrogens is 374 g/mol. The summed E-state index contributed by atoms with van der Waals surface area (Å²) in [7, 11) is 0. The summed E-state index contributed by atoms with van der Waals surface area (Å²) >= 11 is 24.0. The van der Waals surface area contributed by atoms with Crippen LogP contribution in [0.2, 0.25) is 20.1 Å². The molecule has 0 saturated heterocycles. The number of carbonyl (C=O) groups is 2. The summed E-state index contributed by atoms with van der Waals surface area (Å²) in [6, 6.07) is 0. The highest BCUT2D eigenvalue weighted by Crippen LogP contribution is 2.41. The van der Waals surface area contributed by atoms with E-state index in [0.717, 1.165) is 0 Å². The molecule has 0 bridgehead atoms. The minimum atomic E-state index is -0.843. The van der Waals surface area contributed by atoms with Crippen LogP contribution in [0.5, 0.6) is 0 Å². The molecule has 0 fully saturated rings. The van der Waals surface area contributed by atoms with Crippen LogP contribution in [0.25, 0.3) is 0 Å². The Balaban J connectivity index is 3.37. The highest BCUT2D eigenvalue weighted by Gasteiger charge is 2.29. The number of halogens is 4. The van der Waals surface area contributed by atoms with Crippen LogP contribution >= 0.6 is 46.4 Å². The lowest BCUT2D eigenvalue weighted by Crippen LogP contribution is -2.12. The number of rotatable bonds is 6. The normalized spacial score (nSPS) is 10.0. The molecule has 118 valence electrons. The Kier molecular flexibility index (Phi) is 7.23. The van der Waals surface area contributed by atoms with Crippen molar-refractivity contribution in [3.63, 3.8) is 0 Å². The predicted octanol–water partition coefficient (Wildman–Crippen LogP) is 4.99. The quantitative estimate of drug-likeness (QED) is 0.394. The van der Waals surface area contributed by atoms with Crippen molar-refractivity contribution >= 4 is 58.3 Å². The summed E-state index contributed by atoms with van der Waals surface area (Å²) in [5, 5.41) is -1.02. The monoisotopic (exact) mass is 382 g/mol. The first-order valence-corrected chi connectivity index (χ1v) is 7.29. The highest BCUT2D eigenvalue weighted by atomic mass is 35.5. The van der Waals surface area contributed by atoms with Gasteiger partial charge in [-0.3, -0.25) is 0 Å². The van der Waals surface area contributed by atoms with E-state index in [2.05, 4.69) is 13.2 Å². The Labute approximate surface area is 147 Å². The van der Waals surface area contributed by atoms with E-state index in [4.69, 9.17) is 55.9 Å². The fourth-order valence-corrected chi connectivity index (χ4v) is 2.56.